The molecule has 0 amide bonds. The van der Waals surface area contributed by atoms with Gasteiger partial charge in [-0.05, 0) is 19.9 Å². The molecule has 90 valence electrons. The molecular formula is C12H16N4O. The maximum absolute atomic E-state index is 5.82. The molecule has 2 aromatic heterocycles. The van der Waals surface area contributed by atoms with Crippen molar-refractivity contribution in [3.05, 3.63) is 35.4 Å². The molecule has 2 N–H and O–H groups in total. The molecule has 0 unspecified atom stereocenters. The molecule has 0 saturated heterocycles. The molecule has 0 atom stereocenters. The van der Waals surface area contributed by atoms with E-state index in [4.69, 9.17) is 10.5 Å². The fourth-order valence-corrected chi connectivity index (χ4v) is 1.65. The predicted molar refractivity (Wildman–Crippen MR) is 64.9 cm³/mol. The number of pyridine rings is 1. The Morgan fingerprint density at radius 1 is 1.41 bits per heavy atom. The van der Waals surface area contributed by atoms with Crippen LogP contribution in [0.1, 0.15) is 17.1 Å². The summed E-state index contributed by atoms with van der Waals surface area (Å²) < 4.78 is 7.63. The molecule has 0 saturated carbocycles. The molecule has 0 aliphatic heterocycles. The molecule has 0 spiro atoms. The lowest BCUT2D eigenvalue weighted by Crippen LogP contribution is -1.99. The largest absolute Gasteiger partial charge is 0.453 e. The van der Waals surface area contributed by atoms with Gasteiger partial charge < -0.3 is 10.5 Å². The molecule has 2 aromatic rings. The van der Waals surface area contributed by atoms with E-state index in [1.54, 1.807) is 10.9 Å². The van der Waals surface area contributed by atoms with Crippen molar-refractivity contribution in [2.24, 2.45) is 12.8 Å². The van der Waals surface area contributed by atoms with E-state index < -0.39 is 0 Å². The summed E-state index contributed by atoms with van der Waals surface area (Å²) in [6.45, 7) is 4.30. The Morgan fingerprint density at radius 2 is 2.18 bits per heavy atom. The Hall–Kier alpha value is -1.88. The minimum absolute atomic E-state index is 0.405. The summed E-state index contributed by atoms with van der Waals surface area (Å²) in [5.41, 5.74) is 8.21. The molecule has 0 bridgehead atoms. The van der Waals surface area contributed by atoms with Gasteiger partial charge in [0, 0.05) is 25.9 Å². The Balaban J connectivity index is 2.31. The summed E-state index contributed by atoms with van der Waals surface area (Å²) in [6, 6.07) is 3.65. The van der Waals surface area contributed by atoms with Crippen molar-refractivity contribution in [1.29, 1.82) is 0 Å². The van der Waals surface area contributed by atoms with Crippen LogP contribution < -0.4 is 10.5 Å². The van der Waals surface area contributed by atoms with E-state index in [0.717, 1.165) is 28.6 Å². The Bertz CT molecular complexity index is 533. The standard InChI is InChI=1S/C12H16N4O/c1-8-12(9(2)16(3)15-8)17-11-4-5-14-10(6-11)7-13/h4-6H,7,13H2,1-3H3. The molecule has 0 radical (unpaired) electrons. The van der Waals surface area contributed by atoms with E-state index in [1.807, 2.05) is 33.0 Å². The van der Waals surface area contributed by atoms with Crippen LogP contribution >= 0.6 is 0 Å². The van der Waals surface area contributed by atoms with Crippen LogP contribution in [-0.4, -0.2) is 14.8 Å². The molecular weight excluding hydrogens is 216 g/mol. The van der Waals surface area contributed by atoms with Gasteiger partial charge in [0.15, 0.2) is 5.75 Å². The lowest BCUT2D eigenvalue weighted by Gasteiger charge is -2.06. The van der Waals surface area contributed by atoms with Gasteiger partial charge >= 0.3 is 0 Å². The van der Waals surface area contributed by atoms with Crippen molar-refractivity contribution < 1.29 is 4.74 Å². The monoisotopic (exact) mass is 232 g/mol. The average Bonchev–Trinajstić information content (AvgIpc) is 2.56. The lowest BCUT2D eigenvalue weighted by molar-refractivity contribution is 0.472. The van der Waals surface area contributed by atoms with E-state index in [0.29, 0.717) is 6.54 Å². The van der Waals surface area contributed by atoms with Gasteiger partial charge in [-0.1, -0.05) is 0 Å². The van der Waals surface area contributed by atoms with Crippen molar-refractivity contribution in [1.82, 2.24) is 14.8 Å². The van der Waals surface area contributed by atoms with Crippen molar-refractivity contribution in [2.45, 2.75) is 20.4 Å². The number of hydrogen-bond acceptors (Lipinski definition) is 4. The average molecular weight is 232 g/mol. The summed E-state index contributed by atoms with van der Waals surface area (Å²) in [7, 11) is 1.90. The minimum Gasteiger partial charge on any atom is -0.453 e. The summed E-state index contributed by atoms with van der Waals surface area (Å²) in [4.78, 5) is 4.12. The van der Waals surface area contributed by atoms with Crippen LogP contribution in [0.3, 0.4) is 0 Å². The van der Waals surface area contributed by atoms with Gasteiger partial charge in [-0.2, -0.15) is 5.10 Å². The number of aromatic nitrogens is 3. The zero-order valence-corrected chi connectivity index (χ0v) is 10.3. The van der Waals surface area contributed by atoms with Crippen LogP contribution in [0.5, 0.6) is 11.5 Å². The van der Waals surface area contributed by atoms with Crippen LogP contribution in [-0.2, 0) is 13.6 Å². The fourth-order valence-electron chi connectivity index (χ4n) is 1.65. The molecule has 2 rings (SSSR count). The van der Waals surface area contributed by atoms with Gasteiger partial charge in [-0.25, -0.2) is 0 Å². The van der Waals surface area contributed by atoms with Gasteiger partial charge in [0.1, 0.15) is 11.4 Å². The first-order valence-electron chi connectivity index (χ1n) is 5.45. The normalized spacial score (nSPS) is 10.6. The zero-order valence-electron chi connectivity index (χ0n) is 10.3. The van der Waals surface area contributed by atoms with Crippen LogP contribution in [0.4, 0.5) is 0 Å². The second kappa shape index (κ2) is 4.55. The SMILES string of the molecule is Cc1nn(C)c(C)c1Oc1ccnc(CN)c1. The van der Waals surface area contributed by atoms with E-state index in [9.17, 15) is 0 Å². The van der Waals surface area contributed by atoms with Crippen molar-refractivity contribution in [3.8, 4) is 11.5 Å². The fraction of sp³-hybridized carbons (Fsp3) is 0.333. The summed E-state index contributed by atoms with van der Waals surface area (Å²) in [6.07, 6.45) is 1.69. The highest BCUT2D eigenvalue weighted by Gasteiger charge is 2.11. The van der Waals surface area contributed by atoms with E-state index in [1.165, 1.54) is 0 Å². The number of hydrogen-bond donors (Lipinski definition) is 1. The van der Waals surface area contributed by atoms with Crippen LogP contribution in [0.2, 0.25) is 0 Å². The zero-order chi connectivity index (χ0) is 12.4. The minimum atomic E-state index is 0.405. The van der Waals surface area contributed by atoms with Gasteiger partial charge in [-0.15, -0.1) is 0 Å². The molecule has 0 aliphatic carbocycles. The summed E-state index contributed by atoms with van der Waals surface area (Å²) in [5.74, 6) is 1.53. The number of aryl methyl sites for hydroxylation is 2. The number of nitrogens with zero attached hydrogens (tertiary/aromatic N) is 3. The Labute approximate surface area is 100 Å². The predicted octanol–water partition coefficient (Wildman–Crippen LogP) is 1.68. The van der Waals surface area contributed by atoms with E-state index in [-0.39, 0.29) is 0 Å². The Kier molecular flexibility index (Phi) is 3.10. The van der Waals surface area contributed by atoms with Gasteiger partial charge in [0.2, 0.25) is 0 Å². The quantitative estimate of drug-likeness (QED) is 0.874. The smallest absolute Gasteiger partial charge is 0.171 e. The topological polar surface area (TPSA) is 66.0 Å². The highest BCUT2D eigenvalue weighted by atomic mass is 16.5. The Morgan fingerprint density at radius 3 is 2.76 bits per heavy atom. The van der Waals surface area contributed by atoms with Crippen LogP contribution in [0.25, 0.3) is 0 Å². The third-order valence-electron chi connectivity index (χ3n) is 2.66. The van der Waals surface area contributed by atoms with Gasteiger partial charge in [0.05, 0.1) is 11.4 Å². The second-order valence-electron chi connectivity index (χ2n) is 3.91. The maximum Gasteiger partial charge on any atom is 0.171 e. The number of rotatable bonds is 3. The van der Waals surface area contributed by atoms with Gasteiger partial charge in [0.25, 0.3) is 0 Å². The molecule has 5 nitrogen and oxygen atoms in total. The van der Waals surface area contributed by atoms with Crippen molar-refractivity contribution in [3.63, 3.8) is 0 Å². The van der Waals surface area contributed by atoms with Crippen molar-refractivity contribution >= 4 is 0 Å². The van der Waals surface area contributed by atoms with Crippen LogP contribution in [0.15, 0.2) is 18.3 Å². The summed E-state index contributed by atoms with van der Waals surface area (Å²) in [5, 5.41) is 4.30. The number of nitrogens with two attached hydrogens (primary N) is 1. The van der Waals surface area contributed by atoms with Crippen LogP contribution in [0, 0.1) is 13.8 Å². The molecule has 0 aliphatic rings. The molecule has 17 heavy (non-hydrogen) atoms. The van der Waals surface area contributed by atoms with Crippen molar-refractivity contribution in [2.75, 3.05) is 0 Å². The highest BCUT2D eigenvalue weighted by Crippen LogP contribution is 2.27. The molecule has 0 aromatic carbocycles. The molecule has 2 heterocycles. The van der Waals surface area contributed by atoms with Gasteiger partial charge in [-0.3, -0.25) is 9.67 Å². The molecule has 0 fully saturated rings. The molecule has 5 heteroatoms. The summed E-state index contributed by atoms with van der Waals surface area (Å²) >= 11 is 0. The first kappa shape index (κ1) is 11.6. The third-order valence-corrected chi connectivity index (χ3v) is 2.66. The lowest BCUT2D eigenvalue weighted by atomic mass is 10.3. The first-order valence-corrected chi connectivity index (χ1v) is 5.45. The van der Waals surface area contributed by atoms with E-state index >= 15 is 0 Å². The third kappa shape index (κ3) is 2.29. The maximum atomic E-state index is 5.82. The first-order chi connectivity index (χ1) is 8.11. The second-order valence-corrected chi connectivity index (χ2v) is 3.91. The van der Waals surface area contributed by atoms with E-state index in [2.05, 4.69) is 10.1 Å². The number of ether oxygens (including phenoxy) is 1. The highest BCUT2D eigenvalue weighted by molar-refractivity contribution is 5.37.